The van der Waals surface area contributed by atoms with Gasteiger partial charge in [-0.2, -0.15) is 0 Å². The summed E-state index contributed by atoms with van der Waals surface area (Å²) in [5, 5.41) is 13.5. The summed E-state index contributed by atoms with van der Waals surface area (Å²) in [6, 6.07) is 36.0. The summed E-state index contributed by atoms with van der Waals surface area (Å²) in [6.07, 6.45) is 2.50. The Balaban J connectivity index is 1.12. The summed E-state index contributed by atoms with van der Waals surface area (Å²) >= 11 is 0. The van der Waals surface area contributed by atoms with Crippen molar-refractivity contribution in [3.8, 4) is 0 Å². The van der Waals surface area contributed by atoms with Crippen LogP contribution in [-0.2, 0) is 33.6 Å². The number of benzene rings is 4. The van der Waals surface area contributed by atoms with Gasteiger partial charge in [-0.1, -0.05) is 103 Å². The molecule has 224 valence electrons. The molecule has 4 aromatic rings. The number of nitrogens with one attached hydrogen (secondary N) is 1. The summed E-state index contributed by atoms with van der Waals surface area (Å²) in [5.74, 6) is -2.08. The molecule has 6 nitrogen and oxygen atoms in total. The first-order valence-corrected chi connectivity index (χ1v) is 15.5. The van der Waals surface area contributed by atoms with Gasteiger partial charge in [0.05, 0.1) is 30.9 Å². The van der Waals surface area contributed by atoms with Gasteiger partial charge >= 0.3 is 5.97 Å². The van der Waals surface area contributed by atoms with E-state index in [-0.39, 0.29) is 36.7 Å². The number of nitrogens with zero attached hydrogens (tertiary/aromatic N) is 1. The van der Waals surface area contributed by atoms with Crippen LogP contribution in [0.3, 0.4) is 0 Å². The number of carbonyl (C=O) groups is 2. The summed E-state index contributed by atoms with van der Waals surface area (Å²) in [4.78, 5) is 30.9. The molecule has 0 radical (unpaired) electrons. The number of carbonyl (C=O) groups excluding carboxylic acids is 1. The fourth-order valence-electron chi connectivity index (χ4n) is 6.58. The highest BCUT2D eigenvalue weighted by atomic mass is 16.5. The molecule has 0 bridgehead atoms. The van der Waals surface area contributed by atoms with Crippen molar-refractivity contribution < 1.29 is 19.4 Å². The lowest BCUT2D eigenvalue weighted by molar-refractivity contribution is -0.140. The minimum atomic E-state index is -0.971. The molecule has 3 atom stereocenters. The van der Waals surface area contributed by atoms with Crippen LogP contribution in [-0.4, -0.2) is 47.9 Å². The second kappa shape index (κ2) is 13.9. The molecule has 6 heteroatoms. The molecule has 0 aliphatic carbocycles. The molecule has 6 rings (SSSR count). The van der Waals surface area contributed by atoms with Gasteiger partial charge in [-0.3, -0.25) is 14.6 Å². The van der Waals surface area contributed by atoms with E-state index in [1.54, 1.807) is 0 Å². The molecule has 44 heavy (non-hydrogen) atoms. The third-order valence-corrected chi connectivity index (χ3v) is 8.87. The summed E-state index contributed by atoms with van der Waals surface area (Å²) in [6.45, 7) is 1.34. The van der Waals surface area contributed by atoms with Gasteiger partial charge in [-0.05, 0) is 46.7 Å². The van der Waals surface area contributed by atoms with Gasteiger partial charge in [-0.25, -0.2) is 0 Å². The third-order valence-electron chi connectivity index (χ3n) is 8.87. The summed E-state index contributed by atoms with van der Waals surface area (Å²) in [5.41, 5.74) is 7.40. The van der Waals surface area contributed by atoms with Crippen LogP contribution in [0.1, 0.15) is 46.6 Å². The first-order chi connectivity index (χ1) is 21.5. The van der Waals surface area contributed by atoms with E-state index >= 15 is 0 Å². The molecule has 2 aliphatic rings. The van der Waals surface area contributed by atoms with E-state index in [2.05, 4.69) is 29.6 Å². The van der Waals surface area contributed by atoms with Crippen molar-refractivity contribution in [2.75, 3.05) is 13.2 Å². The van der Waals surface area contributed by atoms with Gasteiger partial charge in [-0.15, -0.1) is 0 Å². The number of hydrogen-bond acceptors (Lipinski definition) is 5. The number of carboxylic acid groups (broad SMARTS) is 1. The van der Waals surface area contributed by atoms with Crippen molar-refractivity contribution in [2.24, 2.45) is 10.9 Å². The number of aliphatic imine (C=N–C) groups is 1. The standard InChI is InChI=1S/C38H38N2O4/c41-36(32(23-37(42)43)38(27-12-3-1-4-13-27)28-14-5-2-6-15-28)22-29-16-8-7-11-26(29)19-20-31-24-39-35(25-44-31)34-21-30-17-9-10-18-33(30)40-34/h1-18,31-32,35,38-39H,19-25H2,(H,42,43)/t31-,32-,35+/m1/s1. The molecule has 2 heterocycles. The van der Waals surface area contributed by atoms with Gasteiger partial charge in [0.15, 0.2) is 0 Å². The highest BCUT2D eigenvalue weighted by Crippen LogP contribution is 2.36. The van der Waals surface area contributed by atoms with Crippen molar-refractivity contribution in [1.82, 2.24) is 5.32 Å². The summed E-state index contributed by atoms with van der Waals surface area (Å²) in [7, 11) is 0. The maximum atomic E-state index is 14.0. The Morgan fingerprint density at radius 2 is 1.48 bits per heavy atom. The van der Waals surface area contributed by atoms with Crippen molar-refractivity contribution in [2.45, 2.75) is 50.2 Å². The number of morpholine rings is 1. The van der Waals surface area contributed by atoms with Crippen molar-refractivity contribution in [3.05, 3.63) is 137 Å². The molecule has 2 aliphatic heterocycles. The molecule has 0 saturated carbocycles. The molecule has 1 saturated heterocycles. The molecule has 0 amide bonds. The molecule has 2 N–H and O–H groups in total. The molecule has 0 unspecified atom stereocenters. The van der Waals surface area contributed by atoms with Crippen LogP contribution in [0.4, 0.5) is 5.69 Å². The number of carboxylic acids is 1. The second-order valence-corrected chi connectivity index (χ2v) is 11.8. The highest BCUT2D eigenvalue weighted by molar-refractivity contribution is 5.98. The molecule has 0 aromatic heterocycles. The van der Waals surface area contributed by atoms with Crippen LogP contribution >= 0.6 is 0 Å². The average Bonchev–Trinajstić information content (AvgIpc) is 3.50. The Labute approximate surface area is 258 Å². The number of rotatable bonds is 12. The van der Waals surface area contributed by atoms with Crippen LogP contribution in [0.25, 0.3) is 0 Å². The number of para-hydroxylation sites is 1. The maximum Gasteiger partial charge on any atom is 0.304 e. The van der Waals surface area contributed by atoms with Gasteiger partial charge in [0, 0.05) is 36.9 Å². The number of ether oxygens (including phenoxy) is 1. The molecule has 0 spiro atoms. The first kappa shape index (κ1) is 29.7. The number of fused-ring (bicyclic) bond motifs is 1. The van der Waals surface area contributed by atoms with E-state index in [0.717, 1.165) is 59.5 Å². The number of Topliss-reactive ketones (excluding diaryl/α,β-unsaturated/α-hetero) is 1. The van der Waals surface area contributed by atoms with Crippen molar-refractivity contribution >= 4 is 23.2 Å². The SMILES string of the molecule is O=C(O)C[C@H](C(=O)Cc1ccccc1CC[C@@H]1CN[C@H](C2=Nc3ccccc3C2)CO1)C(c1ccccc1)c1ccccc1. The quantitative estimate of drug-likeness (QED) is 0.202. The molecule has 1 fully saturated rings. The predicted octanol–water partition coefficient (Wildman–Crippen LogP) is 6.34. The van der Waals surface area contributed by atoms with Crippen LogP contribution in [0.2, 0.25) is 0 Å². The van der Waals surface area contributed by atoms with Crippen LogP contribution in [0, 0.1) is 5.92 Å². The minimum Gasteiger partial charge on any atom is -0.481 e. The fourth-order valence-corrected chi connectivity index (χ4v) is 6.58. The third kappa shape index (κ3) is 7.04. The van der Waals surface area contributed by atoms with E-state index in [4.69, 9.17) is 9.73 Å². The Kier molecular flexibility index (Phi) is 9.40. The van der Waals surface area contributed by atoms with E-state index < -0.39 is 11.9 Å². The molecule has 4 aromatic carbocycles. The lowest BCUT2D eigenvalue weighted by atomic mass is 9.75. The highest BCUT2D eigenvalue weighted by Gasteiger charge is 2.33. The molecular weight excluding hydrogens is 548 g/mol. The van der Waals surface area contributed by atoms with E-state index in [1.165, 1.54) is 5.56 Å². The fraction of sp³-hybridized carbons (Fsp3) is 0.289. The van der Waals surface area contributed by atoms with Crippen LogP contribution < -0.4 is 5.32 Å². The number of hydrogen-bond donors (Lipinski definition) is 2. The van der Waals surface area contributed by atoms with Crippen molar-refractivity contribution in [1.29, 1.82) is 0 Å². The molecular formula is C38H38N2O4. The first-order valence-electron chi connectivity index (χ1n) is 15.5. The largest absolute Gasteiger partial charge is 0.481 e. The smallest absolute Gasteiger partial charge is 0.304 e. The number of ketones is 1. The lowest BCUT2D eigenvalue weighted by Crippen LogP contribution is -2.50. The summed E-state index contributed by atoms with van der Waals surface area (Å²) < 4.78 is 6.28. The van der Waals surface area contributed by atoms with E-state index in [9.17, 15) is 14.7 Å². The topological polar surface area (TPSA) is 88.0 Å². The zero-order valence-electron chi connectivity index (χ0n) is 24.8. The Morgan fingerprint density at radius 1 is 0.841 bits per heavy atom. The van der Waals surface area contributed by atoms with Crippen LogP contribution in [0.5, 0.6) is 0 Å². The Hall–Kier alpha value is -4.39. The minimum absolute atomic E-state index is 0.0608. The van der Waals surface area contributed by atoms with E-state index in [1.807, 2.05) is 84.9 Å². The second-order valence-electron chi connectivity index (χ2n) is 11.8. The Morgan fingerprint density at radius 3 is 2.11 bits per heavy atom. The van der Waals surface area contributed by atoms with Gasteiger partial charge < -0.3 is 15.2 Å². The predicted molar refractivity (Wildman–Crippen MR) is 173 cm³/mol. The number of aliphatic carboxylic acids is 1. The van der Waals surface area contributed by atoms with Gasteiger partial charge in [0.25, 0.3) is 0 Å². The average molecular weight is 587 g/mol. The Bertz CT molecular complexity index is 1570. The van der Waals surface area contributed by atoms with Crippen molar-refractivity contribution in [3.63, 3.8) is 0 Å². The van der Waals surface area contributed by atoms with E-state index in [0.29, 0.717) is 6.61 Å². The monoisotopic (exact) mass is 586 g/mol. The normalized spacial score (nSPS) is 18.4. The zero-order chi connectivity index (χ0) is 30.3. The van der Waals surface area contributed by atoms with Gasteiger partial charge in [0.2, 0.25) is 0 Å². The zero-order valence-corrected chi connectivity index (χ0v) is 24.8. The lowest BCUT2D eigenvalue weighted by Gasteiger charge is -2.30. The van der Waals surface area contributed by atoms with Gasteiger partial charge in [0.1, 0.15) is 5.78 Å². The number of aryl methyl sites for hydroxylation is 1. The van der Waals surface area contributed by atoms with Crippen LogP contribution in [0.15, 0.2) is 114 Å². The maximum absolute atomic E-state index is 14.0.